The van der Waals surface area contributed by atoms with Crippen LogP contribution in [-0.4, -0.2) is 10.1 Å². The van der Waals surface area contributed by atoms with Crippen molar-refractivity contribution in [3.8, 4) is 0 Å². The third kappa shape index (κ3) is 2.43. The highest BCUT2D eigenvalue weighted by Gasteiger charge is 2.20. The molecule has 0 amide bonds. The molecule has 2 nitrogen and oxygen atoms in total. The number of hydrogen-bond acceptors (Lipinski definition) is 2. The molecule has 3 rings (SSSR count). The van der Waals surface area contributed by atoms with Gasteiger partial charge in [-0.15, -0.1) is 0 Å². The summed E-state index contributed by atoms with van der Waals surface area (Å²) in [5.74, 6) is -1.97. The van der Waals surface area contributed by atoms with Crippen molar-refractivity contribution >= 4 is 26.7 Å². The summed E-state index contributed by atoms with van der Waals surface area (Å²) in [7, 11) is 0. The maximum Gasteiger partial charge on any atom is 0.173 e. The summed E-state index contributed by atoms with van der Waals surface area (Å²) in [4.78, 5) is 4.05. The SMILES string of the molecule is OC(c1ccc(F)c(F)c1Br)c1cccc2ccncc12. The van der Waals surface area contributed by atoms with Gasteiger partial charge in [0.25, 0.3) is 0 Å². The van der Waals surface area contributed by atoms with E-state index in [1.807, 2.05) is 12.1 Å². The van der Waals surface area contributed by atoms with Crippen LogP contribution < -0.4 is 0 Å². The maximum absolute atomic E-state index is 13.6. The van der Waals surface area contributed by atoms with E-state index in [1.54, 1.807) is 24.5 Å². The second-order valence-electron chi connectivity index (χ2n) is 4.61. The fraction of sp³-hybridized carbons (Fsp3) is 0.0625. The van der Waals surface area contributed by atoms with E-state index in [0.717, 1.165) is 16.8 Å². The van der Waals surface area contributed by atoms with Gasteiger partial charge in [-0.05, 0) is 39.0 Å². The highest BCUT2D eigenvalue weighted by molar-refractivity contribution is 9.10. The Morgan fingerprint density at radius 1 is 1.05 bits per heavy atom. The van der Waals surface area contributed by atoms with Crippen molar-refractivity contribution < 1.29 is 13.9 Å². The Morgan fingerprint density at radius 3 is 2.67 bits per heavy atom. The van der Waals surface area contributed by atoms with Crippen LogP contribution in [0.4, 0.5) is 8.78 Å². The number of aromatic nitrogens is 1. The molecule has 0 bridgehead atoms. The van der Waals surface area contributed by atoms with Gasteiger partial charge in [0.2, 0.25) is 0 Å². The van der Waals surface area contributed by atoms with Gasteiger partial charge in [0.1, 0.15) is 6.10 Å². The fourth-order valence-corrected chi connectivity index (χ4v) is 2.83. The minimum Gasteiger partial charge on any atom is -0.384 e. The Morgan fingerprint density at radius 2 is 1.86 bits per heavy atom. The molecule has 3 aromatic rings. The zero-order valence-electron chi connectivity index (χ0n) is 10.7. The first kappa shape index (κ1) is 14.1. The first-order valence-electron chi connectivity index (χ1n) is 6.23. The predicted molar refractivity (Wildman–Crippen MR) is 79.9 cm³/mol. The minimum atomic E-state index is -1.08. The molecule has 2 aromatic carbocycles. The second kappa shape index (κ2) is 5.50. The van der Waals surface area contributed by atoms with Crippen molar-refractivity contribution in [2.75, 3.05) is 0 Å². The van der Waals surface area contributed by atoms with Crippen LogP contribution in [0, 0.1) is 11.6 Å². The molecule has 0 spiro atoms. The standard InChI is InChI=1S/C16H10BrF2NO/c17-14-11(4-5-13(18)15(14)19)16(21)10-3-1-2-9-6-7-20-8-12(9)10/h1-8,16,21H. The van der Waals surface area contributed by atoms with Crippen LogP contribution in [0.15, 0.2) is 53.3 Å². The lowest BCUT2D eigenvalue weighted by atomic mass is 9.97. The van der Waals surface area contributed by atoms with Crippen LogP contribution in [0.5, 0.6) is 0 Å². The molecule has 21 heavy (non-hydrogen) atoms. The lowest BCUT2D eigenvalue weighted by Crippen LogP contribution is -2.04. The average molecular weight is 350 g/mol. The van der Waals surface area contributed by atoms with Crippen molar-refractivity contribution in [3.05, 3.63) is 76.0 Å². The summed E-state index contributed by atoms with van der Waals surface area (Å²) in [6.07, 6.45) is 2.22. The van der Waals surface area contributed by atoms with Crippen LogP contribution in [0.3, 0.4) is 0 Å². The van der Waals surface area contributed by atoms with Crippen LogP contribution in [0.2, 0.25) is 0 Å². The molecule has 0 aliphatic carbocycles. The summed E-state index contributed by atoms with van der Waals surface area (Å²) in [5.41, 5.74) is 0.859. The van der Waals surface area contributed by atoms with E-state index in [4.69, 9.17) is 0 Å². The third-order valence-electron chi connectivity index (χ3n) is 3.37. The largest absolute Gasteiger partial charge is 0.384 e. The number of aliphatic hydroxyl groups excluding tert-OH is 1. The van der Waals surface area contributed by atoms with Crippen molar-refractivity contribution in [1.29, 1.82) is 0 Å². The molecule has 0 aliphatic rings. The van der Waals surface area contributed by atoms with Crippen LogP contribution >= 0.6 is 15.9 Å². The molecule has 5 heteroatoms. The summed E-state index contributed by atoms with van der Waals surface area (Å²) in [6, 6.07) is 9.63. The van der Waals surface area contributed by atoms with E-state index in [2.05, 4.69) is 20.9 Å². The van der Waals surface area contributed by atoms with Crippen LogP contribution in [-0.2, 0) is 0 Å². The van der Waals surface area contributed by atoms with Crippen molar-refractivity contribution in [2.24, 2.45) is 0 Å². The van der Waals surface area contributed by atoms with Crippen LogP contribution in [0.25, 0.3) is 10.8 Å². The van der Waals surface area contributed by atoms with Crippen molar-refractivity contribution in [3.63, 3.8) is 0 Å². The zero-order chi connectivity index (χ0) is 15.0. The first-order chi connectivity index (χ1) is 10.1. The predicted octanol–water partition coefficient (Wildman–Crippen LogP) is 4.36. The first-order valence-corrected chi connectivity index (χ1v) is 7.03. The van der Waals surface area contributed by atoms with Gasteiger partial charge in [0, 0.05) is 23.3 Å². The third-order valence-corrected chi connectivity index (χ3v) is 4.18. The van der Waals surface area contributed by atoms with Gasteiger partial charge in [-0.3, -0.25) is 4.98 Å². The molecule has 1 atom stereocenters. The lowest BCUT2D eigenvalue weighted by Gasteiger charge is -2.16. The molecule has 0 radical (unpaired) electrons. The number of hydrogen-bond donors (Lipinski definition) is 1. The normalized spacial score (nSPS) is 12.6. The summed E-state index contributed by atoms with van der Waals surface area (Å²) in [6.45, 7) is 0. The van der Waals surface area contributed by atoms with E-state index >= 15 is 0 Å². The monoisotopic (exact) mass is 349 g/mol. The van der Waals surface area contributed by atoms with Gasteiger partial charge in [-0.2, -0.15) is 0 Å². The summed E-state index contributed by atoms with van der Waals surface area (Å²) in [5, 5.41) is 12.2. The molecule has 1 aromatic heterocycles. The number of benzene rings is 2. The van der Waals surface area contributed by atoms with E-state index in [1.165, 1.54) is 6.07 Å². The molecule has 0 fully saturated rings. The lowest BCUT2D eigenvalue weighted by molar-refractivity contribution is 0.220. The number of rotatable bonds is 2. The molecule has 1 unspecified atom stereocenters. The maximum atomic E-state index is 13.6. The molecule has 0 aliphatic heterocycles. The van der Waals surface area contributed by atoms with Gasteiger partial charge in [-0.1, -0.05) is 24.3 Å². The molecular weight excluding hydrogens is 340 g/mol. The molecule has 106 valence electrons. The highest BCUT2D eigenvalue weighted by atomic mass is 79.9. The van der Waals surface area contributed by atoms with Crippen molar-refractivity contribution in [2.45, 2.75) is 6.10 Å². The number of fused-ring (bicyclic) bond motifs is 1. The fourth-order valence-electron chi connectivity index (χ4n) is 2.29. The Balaban J connectivity index is 2.17. The van der Waals surface area contributed by atoms with Crippen molar-refractivity contribution in [1.82, 2.24) is 4.98 Å². The van der Waals surface area contributed by atoms with Gasteiger partial charge >= 0.3 is 0 Å². The number of pyridine rings is 1. The van der Waals surface area contributed by atoms with Gasteiger partial charge in [0.15, 0.2) is 11.6 Å². The number of aliphatic hydroxyl groups is 1. The van der Waals surface area contributed by atoms with E-state index in [0.29, 0.717) is 5.56 Å². The average Bonchev–Trinajstić information content (AvgIpc) is 2.51. The Hall–Kier alpha value is -1.85. The Labute approximate surface area is 128 Å². The van der Waals surface area contributed by atoms with E-state index < -0.39 is 17.7 Å². The molecule has 1 heterocycles. The Kier molecular flexibility index (Phi) is 3.69. The van der Waals surface area contributed by atoms with E-state index in [9.17, 15) is 13.9 Å². The molecule has 0 saturated heterocycles. The summed E-state index contributed by atoms with van der Waals surface area (Å²) >= 11 is 3.00. The van der Waals surface area contributed by atoms with Gasteiger partial charge in [-0.25, -0.2) is 8.78 Å². The number of halogens is 3. The Bertz CT molecular complexity index is 817. The topological polar surface area (TPSA) is 33.1 Å². The van der Waals surface area contributed by atoms with E-state index in [-0.39, 0.29) is 10.0 Å². The van der Waals surface area contributed by atoms with Gasteiger partial charge < -0.3 is 5.11 Å². The smallest absolute Gasteiger partial charge is 0.173 e. The quantitative estimate of drug-likeness (QED) is 0.697. The van der Waals surface area contributed by atoms with Gasteiger partial charge in [0.05, 0.1) is 4.47 Å². The second-order valence-corrected chi connectivity index (χ2v) is 5.40. The summed E-state index contributed by atoms with van der Waals surface area (Å²) < 4.78 is 26.7. The molecule has 1 N–H and O–H groups in total. The van der Waals surface area contributed by atoms with Crippen LogP contribution in [0.1, 0.15) is 17.2 Å². The molecular formula is C16H10BrF2NO. The minimum absolute atomic E-state index is 0.0732. The zero-order valence-corrected chi connectivity index (χ0v) is 12.3. The molecule has 0 saturated carbocycles. The number of nitrogens with zero attached hydrogens (tertiary/aromatic N) is 1. The highest BCUT2D eigenvalue weighted by Crippen LogP contribution is 2.34.